The zero-order valence-electron chi connectivity index (χ0n) is 10.6. The summed E-state index contributed by atoms with van der Waals surface area (Å²) in [5, 5.41) is 0. The third-order valence-electron chi connectivity index (χ3n) is 3.19. The van der Waals surface area contributed by atoms with Crippen LogP contribution in [0.15, 0.2) is 27.6 Å². The maximum atomic E-state index is 12.4. The number of nitrogens with zero attached hydrogens (tertiary/aromatic N) is 2. The smallest absolute Gasteiger partial charge is 0.255 e. The number of thiol groups is 1. The summed E-state index contributed by atoms with van der Waals surface area (Å²) in [6, 6.07) is 5.41. The van der Waals surface area contributed by atoms with Gasteiger partial charge in [-0.05, 0) is 34.1 Å². The molecule has 6 heteroatoms. The summed E-state index contributed by atoms with van der Waals surface area (Å²) >= 11 is 7.64. The normalized spacial score (nSPS) is 15.5. The molecule has 0 aliphatic carbocycles. The number of amides is 2. The van der Waals surface area contributed by atoms with E-state index >= 15 is 0 Å². The zero-order chi connectivity index (χ0) is 14.0. The van der Waals surface area contributed by atoms with Gasteiger partial charge in [-0.15, -0.1) is 12.6 Å². The average Bonchev–Trinajstić information content (AvgIpc) is 2.41. The SMILES string of the molecule is CC(=O)N1CCN(C(=O)c2cc(S)ccc2Br)CC1. The van der Waals surface area contributed by atoms with Gasteiger partial charge in [0.2, 0.25) is 5.91 Å². The molecule has 0 atom stereocenters. The van der Waals surface area contributed by atoms with E-state index in [4.69, 9.17) is 0 Å². The lowest BCUT2D eigenvalue weighted by atomic mass is 10.2. The fourth-order valence-electron chi connectivity index (χ4n) is 2.07. The molecule has 4 nitrogen and oxygen atoms in total. The summed E-state index contributed by atoms with van der Waals surface area (Å²) in [5.41, 5.74) is 0.615. The number of hydrogen-bond acceptors (Lipinski definition) is 3. The molecular formula is C13H15BrN2O2S. The van der Waals surface area contributed by atoms with Crippen LogP contribution < -0.4 is 0 Å². The van der Waals surface area contributed by atoms with Crippen molar-refractivity contribution in [3.63, 3.8) is 0 Å². The first-order valence-electron chi connectivity index (χ1n) is 6.02. The van der Waals surface area contributed by atoms with Crippen LogP contribution in [-0.4, -0.2) is 47.8 Å². The van der Waals surface area contributed by atoms with Crippen LogP contribution in [0.3, 0.4) is 0 Å². The Labute approximate surface area is 126 Å². The predicted octanol–water partition coefficient (Wildman–Crippen LogP) is 2.04. The Morgan fingerprint density at radius 3 is 2.32 bits per heavy atom. The van der Waals surface area contributed by atoms with Gasteiger partial charge in [-0.3, -0.25) is 9.59 Å². The average molecular weight is 343 g/mol. The summed E-state index contributed by atoms with van der Waals surface area (Å²) in [7, 11) is 0. The van der Waals surface area contributed by atoms with Crippen molar-refractivity contribution in [1.29, 1.82) is 0 Å². The van der Waals surface area contributed by atoms with E-state index in [1.54, 1.807) is 22.8 Å². The first-order valence-corrected chi connectivity index (χ1v) is 7.26. The minimum atomic E-state index is -0.0222. The fraction of sp³-hybridized carbons (Fsp3) is 0.385. The lowest BCUT2D eigenvalue weighted by Gasteiger charge is -2.34. The van der Waals surface area contributed by atoms with Crippen LogP contribution in [0.25, 0.3) is 0 Å². The van der Waals surface area contributed by atoms with Crippen LogP contribution >= 0.6 is 28.6 Å². The monoisotopic (exact) mass is 342 g/mol. The molecule has 19 heavy (non-hydrogen) atoms. The van der Waals surface area contributed by atoms with Crippen LogP contribution in [0.2, 0.25) is 0 Å². The second-order valence-corrected chi connectivity index (χ2v) is 5.83. The third-order valence-corrected chi connectivity index (χ3v) is 4.16. The van der Waals surface area contributed by atoms with Gasteiger partial charge in [-0.1, -0.05) is 0 Å². The minimum Gasteiger partial charge on any atom is -0.339 e. The van der Waals surface area contributed by atoms with Gasteiger partial charge in [0.05, 0.1) is 5.56 Å². The summed E-state index contributed by atoms with van der Waals surface area (Å²) in [6.45, 7) is 3.89. The lowest BCUT2D eigenvalue weighted by molar-refractivity contribution is -0.130. The Kier molecular flexibility index (Phi) is 4.52. The molecule has 0 saturated carbocycles. The molecule has 0 unspecified atom stereocenters. The van der Waals surface area contributed by atoms with Crippen molar-refractivity contribution in [3.05, 3.63) is 28.2 Å². The molecule has 0 bridgehead atoms. The lowest BCUT2D eigenvalue weighted by Crippen LogP contribution is -2.50. The van der Waals surface area contributed by atoms with Crippen molar-refractivity contribution < 1.29 is 9.59 Å². The summed E-state index contributed by atoms with van der Waals surface area (Å²) < 4.78 is 0.768. The van der Waals surface area contributed by atoms with E-state index in [0.717, 1.165) is 9.37 Å². The van der Waals surface area contributed by atoms with Crippen molar-refractivity contribution in [3.8, 4) is 0 Å². The third kappa shape index (κ3) is 3.30. The summed E-state index contributed by atoms with van der Waals surface area (Å²) in [6.07, 6.45) is 0. The number of benzene rings is 1. The fourth-order valence-corrected chi connectivity index (χ4v) is 2.69. The predicted molar refractivity (Wildman–Crippen MR) is 79.6 cm³/mol. The van der Waals surface area contributed by atoms with Gasteiger partial charge in [0.15, 0.2) is 0 Å². The van der Waals surface area contributed by atoms with E-state index in [9.17, 15) is 9.59 Å². The van der Waals surface area contributed by atoms with E-state index in [0.29, 0.717) is 31.7 Å². The van der Waals surface area contributed by atoms with Gasteiger partial charge in [0, 0.05) is 42.5 Å². The second-order valence-electron chi connectivity index (χ2n) is 4.46. The Morgan fingerprint density at radius 1 is 1.16 bits per heavy atom. The van der Waals surface area contributed by atoms with Crippen LogP contribution in [0.1, 0.15) is 17.3 Å². The molecule has 1 aromatic rings. The van der Waals surface area contributed by atoms with Crippen molar-refractivity contribution in [2.24, 2.45) is 0 Å². The van der Waals surface area contributed by atoms with E-state index in [-0.39, 0.29) is 11.8 Å². The molecule has 0 radical (unpaired) electrons. The van der Waals surface area contributed by atoms with E-state index in [1.807, 2.05) is 12.1 Å². The molecule has 2 amide bonds. The van der Waals surface area contributed by atoms with Crippen LogP contribution in [0, 0.1) is 0 Å². The van der Waals surface area contributed by atoms with E-state index in [2.05, 4.69) is 28.6 Å². The largest absolute Gasteiger partial charge is 0.339 e. The van der Waals surface area contributed by atoms with Crippen molar-refractivity contribution in [2.45, 2.75) is 11.8 Å². The van der Waals surface area contributed by atoms with Gasteiger partial charge >= 0.3 is 0 Å². The van der Waals surface area contributed by atoms with Crippen LogP contribution in [0.4, 0.5) is 0 Å². The first-order chi connectivity index (χ1) is 8.99. The maximum absolute atomic E-state index is 12.4. The van der Waals surface area contributed by atoms with Gasteiger partial charge in [0.1, 0.15) is 0 Å². The van der Waals surface area contributed by atoms with Crippen molar-refractivity contribution in [1.82, 2.24) is 9.80 Å². The second kappa shape index (κ2) is 5.96. The molecule has 102 valence electrons. The number of piperazine rings is 1. The summed E-state index contributed by atoms with van der Waals surface area (Å²) in [5.74, 6) is 0.0385. The molecular weight excluding hydrogens is 328 g/mol. The molecule has 1 aliphatic heterocycles. The Morgan fingerprint density at radius 2 is 1.74 bits per heavy atom. The van der Waals surface area contributed by atoms with Crippen molar-refractivity contribution >= 4 is 40.4 Å². The number of hydrogen-bond donors (Lipinski definition) is 1. The Balaban J connectivity index is 2.09. The minimum absolute atomic E-state index is 0.0222. The standard InChI is InChI=1S/C13H15BrN2O2S/c1-9(17)15-4-6-16(7-5-15)13(18)11-8-10(19)2-3-12(11)14/h2-3,8,19H,4-7H2,1H3. The highest BCUT2D eigenvalue weighted by molar-refractivity contribution is 9.10. The van der Waals surface area contributed by atoms with E-state index < -0.39 is 0 Å². The highest BCUT2D eigenvalue weighted by Crippen LogP contribution is 2.22. The molecule has 1 aliphatic rings. The quantitative estimate of drug-likeness (QED) is 0.793. The molecule has 0 N–H and O–H groups in total. The van der Waals surface area contributed by atoms with E-state index in [1.165, 1.54) is 0 Å². The number of carbonyl (C=O) groups is 2. The first kappa shape index (κ1) is 14.4. The van der Waals surface area contributed by atoms with Gasteiger partial charge in [-0.25, -0.2) is 0 Å². The Hall–Kier alpha value is -1.01. The van der Waals surface area contributed by atoms with Gasteiger partial charge in [0.25, 0.3) is 5.91 Å². The number of carbonyl (C=O) groups excluding carboxylic acids is 2. The number of halogens is 1. The highest BCUT2D eigenvalue weighted by atomic mass is 79.9. The van der Waals surface area contributed by atoms with Crippen LogP contribution in [-0.2, 0) is 4.79 Å². The van der Waals surface area contributed by atoms with Gasteiger partial charge < -0.3 is 9.80 Å². The maximum Gasteiger partial charge on any atom is 0.255 e. The molecule has 2 rings (SSSR count). The molecule has 0 spiro atoms. The van der Waals surface area contributed by atoms with Crippen LogP contribution in [0.5, 0.6) is 0 Å². The number of rotatable bonds is 1. The van der Waals surface area contributed by atoms with Gasteiger partial charge in [-0.2, -0.15) is 0 Å². The highest BCUT2D eigenvalue weighted by Gasteiger charge is 2.24. The molecule has 1 saturated heterocycles. The zero-order valence-corrected chi connectivity index (χ0v) is 13.1. The van der Waals surface area contributed by atoms with Crippen molar-refractivity contribution in [2.75, 3.05) is 26.2 Å². The molecule has 1 fully saturated rings. The Bertz CT molecular complexity index is 513. The molecule has 0 aromatic heterocycles. The molecule has 1 aromatic carbocycles. The summed E-state index contributed by atoms with van der Waals surface area (Å²) in [4.78, 5) is 27.9. The topological polar surface area (TPSA) is 40.6 Å². The molecule has 1 heterocycles.